The molecule has 0 radical (unpaired) electrons. The van der Waals surface area contributed by atoms with Crippen LogP contribution in [0.25, 0.3) is 10.8 Å². The molecule has 0 nitrogen and oxygen atoms in total. The van der Waals surface area contributed by atoms with Gasteiger partial charge in [0.1, 0.15) is 0 Å². The molecule has 0 saturated carbocycles. The second-order valence-corrected chi connectivity index (χ2v) is 6.70. The molecule has 0 aliphatic heterocycles. The number of benzene rings is 2. The van der Waals surface area contributed by atoms with Gasteiger partial charge in [0.2, 0.25) is 0 Å². The summed E-state index contributed by atoms with van der Waals surface area (Å²) in [6.45, 7) is 6.50. The minimum atomic E-state index is 0.0144. The first-order valence-electron chi connectivity index (χ1n) is 5.72. The monoisotopic (exact) mass is 310 g/mol. The lowest BCUT2D eigenvalue weighted by Gasteiger charge is -2.26. The summed E-state index contributed by atoms with van der Waals surface area (Å²) in [5.41, 5.74) is 1.26. The van der Waals surface area contributed by atoms with E-state index in [1.54, 1.807) is 0 Å². The molecule has 2 aromatic carbocycles. The number of hydrogen-bond donors (Lipinski definition) is 0. The zero-order valence-corrected chi connectivity index (χ0v) is 12.6. The molecule has 1 atom stereocenters. The summed E-state index contributed by atoms with van der Waals surface area (Å²) in [7, 11) is 0. The number of halogens is 2. The summed E-state index contributed by atoms with van der Waals surface area (Å²) in [6, 6.07) is 12.6. The molecule has 17 heavy (non-hydrogen) atoms. The van der Waals surface area contributed by atoms with Crippen molar-refractivity contribution in [3.63, 3.8) is 0 Å². The first kappa shape index (κ1) is 12.9. The highest BCUT2D eigenvalue weighted by Gasteiger charge is 2.25. The maximum atomic E-state index is 6.60. The molecule has 0 heterocycles. The fourth-order valence-electron chi connectivity index (χ4n) is 1.97. The Kier molecular flexibility index (Phi) is 3.51. The predicted molar refractivity (Wildman–Crippen MR) is 79.7 cm³/mol. The van der Waals surface area contributed by atoms with Gasteiger partial charge in [0.25, 0.3) is 0 Å². The van der Waals surface area contributed by atoms with Crippen molar-refractivity contribution >= 4 is 38.3 Å². The van der Waals surface area contributed by atoms with Gasteiger partial charge in [-0.2, -0.15) is 0 Å². The van der Waals surface area contributed by atoms with E-state index < -0.39 is 0 Å². The lowest BCUT2D eigenvalue weighted by Crippen LogP contribution is -2.13. The van der Waals surface area contributed by atoms with Gasteiger partial charge in [-0.25, -0.2) is 0 Å². The Morgan fingerprint density at radius 2 is 1.59 bits per heavy atom. The topological polar surface area (TPSA) is 0 Å². The molecular weight excluding hydrogens is 296 g/mol. The molecule has 0 aliphatic rings. The van der Waals surface area contributed by atoms with Gasteiger partial charge < -0.3 is 0 Å². The number of alkyl halides is 1. The molecule has 0 saturated heterocycles. The Hall–Kier alpha value is -0.530. The quantitative estimate of drug-likeness (QED) is 0.573. The minimum Gasteiger partial charge on any atom is -0.117 e. The van der Waals surface area contributed by atoms with E-state index in [0.717, 1.165) is 4.47 Å². The molecule has 2 aromatic rings. The van der Waals surface area contributed by atoms with Crippen molar-refractivity contribution in [2.45, 2.75) is 26.1 Å². The lowest BCUT2D eigenvalue weighted by molar-refractivity contribution is 0.397. The Morgan fingerprint density at radius 1 is 1.00 bits per heavy atom. The van der Waals surface area contributed by atoms with Gasteiger partial charge in [0, 0.05) is 4.47 Å². The third-order valence-corrected chi connectivity index (χ3v) is 4.52. The molecule has 0 aromatic heterocycles. The van der Waals surface area contributed by atoms with Crippen LogP contribution in [0.3, 0.4) is 0 Å². The third-order valence-electron chi connectivity index (χ3n) is 2.94. The van der Waals surface area contributed by atoms with E-state index in [1.807, 2.05) is 0 Å². The van der Waals surface area contributed by atoms with Gasteiger partial charge >= 0.3 is 0 Å². The summed E-state index contributed by atoms with van der Waals surface area (Å²) < 4.78 is 1.12. The highest BCUT2D eigenvalue weighted by Crippen LogP contribution is 2.42. The zero-order chi connectivity index (χ0) is 12.6. The van der Waals surface area contributed by atoms with Crippen molar-refractivity contribution < 1.29 is 0 Å². The van der Waals surface area contributed by atoms with E-state index in [0.29, 0.717) is 0 Å². The van der Waals surface area contributed by atoms with Gasteiger partial charge in [-0.3, -0.25) is 0 Å². The molecular formula is C15H16BrCl. The number of hydrogen-bond acceptors (Lipinski definition) is 0. The van der Waals surface area contributed by atoms with Crippen LogP contribution >= 0.6 is 27.5 Å². The minimum absolute atomic E-state index is 0.0144. The van der Waals surface area contributed by atoms with Crippen molar-refractivity contribution in [2.75, 3.05) is 0 Å². The molecule has 2 rings (SSSR count). The van der Waals surface area contributed by atoms with Gasteiger partial charge in [0.05, 0.1) is 5.38 Å². The van der Waals surface area contributed by atoms with E-state index in [9.17, 15) is 0 Å². The second kappa shape index (κ2) is 4.62. The van der Waals surface area contributed by atoms with Crippen LogP contribution in [-0.4, -0.2) is 0 Å². The lowest BCUT2D eigenvalue weighted by atomic mass is 9.85. The summed E-state index contributed by atoms with van der Waals surface area (Å²) in [5, 5.41) is 2.47. The summed E-state index contributed by atoms with van der Waals surface area (Å²) in [5.74, 6) is 0. The van der Waals surface area contributed by atoms with E-state index >= 15 is 0 Å². The number of rotatable bonds is 1. The maximum absolute atomic E-state index is 6.60. The van der Waals surface area contributed by atoms with Crippen LogP contribution in [-0.2, 0) is 0 Å². The molecule has 0 aliphatic carbocycles. The van der Waals surface area contributed by atoms with Crippen molar-refractivity contribution in [1.29, 1.82) is 0 Å². The van der Waals surface area contributed by atoms with Crippen LogP contribution in [0.5, 0.6) is 0 Å². The van der Waals surface area contributed by atoms with E-state index in [2.05, 4.69) is 73.1 Å². The molecule has 0 fully saturated rings. The molecule has 1 unspecified atom stereocenters. The van der Waals surface area contributed by atoms with E-state index in [-0.39, 0.29) is 10.8 Å². The average molecular weight is 312 g/mol. The summed E-state index contributed by atoms with van der Waals surface area (Å²) >= 11 is 10.2. The smallest absolute Gasteiger partial charge is 0.0639 e. The molecule has 2 heteroatoms. The highest BCUT2D eigenvalue weighted by atomic mass is 79.9. The van der Waals surface area contributed by atoms with Crippen LogP contribution in [0.2, 0.25) is 0 Å². The Balaban J connectivity index is 2.67. The second-order valence-electron chi connectivity index (χ2n) is 5.41. The zero-order valence-electron chi connectivity index (χ0n) is 10.3. The number of fused-ring (bicyclic) bond motifs is 1. The predicted octanol–water partition coefficient (Wildman–Crippen LogP) is 5.93. The first-order chi connectivity index (χ1) is 7.91. The highest BCUT2D eigenvalue weighted by molar-refractivity contribution is 9.10. The summed E-state index contributed by atoms with van der Waals surface area (Å²) in [6.07, 6.45) is 0. The van der Waals surface area contributed by atoms with E-state index in [4.69, 9.17) is 11.6 Å². The van der Waals surface area contributed by atoms with Gasteiger partial charge in [-0.05, 0) is 27.8 Å². The molecule has 0 N–H and O–H groups in total. The van der Waals surface area contributed by atoms with Crippen molar-refractivity contribution in [2.24, 2.45) is 5.41 Å². The molecule has 0 amide bonds. The van der Waals surface area contributed by atoms with Crippen LogP contribution in [0, 0.1) is 5.41 Å². The SMILES string of the molecule is CC(C)(C)C(Cl)c1ccc(Br)c2ccccc12. The van der Waals surface area contributed by atoms with Crippen LogP contribution in [0.1, 0.15) is 31.7 Å². The molecule has 0 spiro atoms. The van der Waals surface area contributed by atoms with Gasteiger partial charge in [-0.1, -0.05) is 67.0 Å². The Bertz CT molecular complexity index is 540. The standard InChI is InChI=1S/C15H16BrCl/c1-15(2,3)14(17)12-8-9-13(16)11-7-5-4-6-10(11)12/h4-9,14H,1-3H3. The fraction of sp³-hybridized carbons (Fsp3) is 0.333. The fourth-order valence-corrected chi connectivity index (χ4v) is 2.64. The van der Waals surface area contributed by atoms with Crippen molar-refractivity contribution in [3.05, 3.63) is 46.4 Å². The van der Waals surface area contributed by atoms with Crippen LogP contribution in [0.4, 0.5) is 0 Å². The van der Waals surface area contributed by atoms with Crippen LogP contribution < -0.4 is 0 Å². The largest absolute Gasteiger partial charge is 0.117 e. The average Bonchev–Trinajstić information content (AvgIpc) is 2.28. The summed E-state index contributed by atoms with van der Waals surface area (Å²) in [4.78, 5) is 0. The molecule has 90 valence electrons. The van der Waals surface area contributed by atoms with Crippen molar-refractivity contribution in [3.8, 4) is 0 Å². The molecule has 0 bridgehead atoms. The first-order valence-corrected chi connectivity index (χ1v) is 6.95. The Labute approximate surface area is 116 Å². The maximum Gasteiger partial charge on any atom is 0.0639 e. The van der Waals surface area contributed by atoms with Crippen LogP contribution in [0.15, 0.2) is 40.9 Å². The van der Waals surface area contributed by atoms with Crippen molar-refractivity contribution in [1.82, 2.24) is 0 Å². The van der Waals surface area contributed by atoms with Gasteiger partial charge in [0.15, 0.2) is 0 Å². The normalized spacial score (nSPS) is 13.9. The van der Waals surface area contributed by atoms with E-state index in [1.165, 1.54) is 16.3 Å². The van der Waals surface area contributed by atoms with Gasteiger partial charge in [-0.15, -0.1) is 11.6 Å². The third kappa shape index (κ3) is 2.51. The Morgan fingerprint density at radius 3 is 2.18 bits per heavy atom.